The van der Waals surface area contributed by atoms with Gasteiger partial charge in [0.2, 0.25) is 0 Å². The molecule has 3 heterocycles. The average molecular weight is 513 g/mol. The van der Waals surface area contributed by atoms with E-state index in [9.17, 15) is 4.79 Å². The van der Waals surface area contributed by atoms with E-state index in [1.807, 2.05) is 41.4 Å². The molecule has 2 aliphatic heterocycles. The van der Waals surface area contributed by atoms with Gasteiger partial charge in [0.05, 0.1) is 29.5 Å². The van der Waals surface area contributed by atoms with Crippen LogP contribution < -0.4 is 4.74 Å². The van der Waals surface area contributed by atoms with Gasteiger partial charge >= 0.3 is 0 Å². The number of rotatable bonds is 6. The summed E-state index contributed by atoms with van der Waals surface area (Å²) in [7, 11) is 0. The Labute approximate surface area is 225 Å². The van der Waals surface area contributed by atoms with Gasteiger partial charge in [0.1, 0.15) is 12.4 Å². The summed E-state index contributed by atoms with van der Waals surface area (Å²) in [5, 5.41) is 0. The summed E-state index contributed by atoms with van der Waals surface area (Å²) in [4.78, 5) is 25.1. The minimum absolute atomic E-state index is 0.0442. The van der Waals surface area contributed by atoms with E-state index in [0.717, 1.165) is 38.4 Å². The fourth-order valence-corrected chi connectivity index (χ4v) is 6.25. The molecule has 1 amide bonds. The third-order valence-corrected chi connectivity index (χ3v) is 7.89. The quantitative estimate of drug-likeness (QED) is 0.496. The van der Waals surface area contributed by atoms with Gasteiger partial charge in [-0.2, -0.15) is 0 Å². The van der Waals surface area contributed by atoms with Crippen molar-refractivity contribution in [2.45, 2.75) is 32.1 Å². The minimum Gasteiger partial charge on any atom is -0.491 e. The molecule has 198 valence electrons. The SMILES string of the molecule is C[C@@H]1CN(CCOc2ccccc2C(=O)N2CCN(C3c4ccccc4-c4ncccc43)CC2)C[C@H](C)O1. The van der Waals surface area contributed by atoms with Crippen molar-refractivity contribution in [1.82, 2.24) is 19.7 Å². The standard InChI is InChI=1S/C31H36N4O3/c1-22-20-33(21-23(2)38-22)18-19-37-28-12-6-5-10-26(28)31(36)35-16-14-34(15-17-35)30-25-9-4-3-8-24(25)29-27(30)11-7-13-32-29/h3-13,22-23,30H,14-21H2,1-2H3/t22-,23+,30?. The molecular weight excluding hydrogens is 476 g/mol. The van der Waals surface area contributed by atoms with Gasteiger partial charge in [-0.3, -0.25) is 19.6 Å². The number of piperazine rings is 1. The lowest BCUT2D eigenvalue weighted by molar-refractivity contribution is -0.0699. The molecule has 7 heteroatoms. The maximum Gasteiger partial charge on any atom is 0.257 e. The molecule has 2 saturated heterocycles. The number of pyridine rings is 1. The van der Waals surface area contributed by atoms with Crippen LogP contribution >= 0.6 is 0 Å². The highest BCUT2D eigenvalue weighted by molar-refractivity contribution is 5.97. The van der Waals surface area contributed by atoms with E-state index in [1.165, 1.54) is 16.7 Å². The number of hydrogen-bond acceptors (Lipinski definition) is 6. The van der Waals surface area contributed by atoms with Gasteiger partial charge in [0.15, 0.2) is 0 Å². The topological polar surface area (TPSA) is 58.1 Å². The van der Waals surface area contributed by atoms with Crippen LogP contribution in [0.1, 0.15) is 41.4 Å². The molecule has 1 aromatic heterocycles. The maximum atomic E-state index is 13.6. The summed E-state index contributed by atoms with van der Waals surface area (Å²) < 4.78 is 12.0. The Bertz CT molecular complexity index is 1230. The Morgan fingerprint density at radius 2 is 1.63 bits per heavy atom. The second-order valence-electron chi connectivity index (χ2n) is 10.6. The summed E-state index contributed by atoms with van der Waals surface area (Å²) in [6.07, 6.45) is 2.33. The molecule has 3 atom stereocenters. The Kier molecular flexibility index (Phi) is 7.15. The third kappa shape index (κ3) is 4.94. The number of morpholine rings is 1. The summed E-state index contributed by atoms with van der Waals surface area (Å²) in [6, 6.07) is 20.6. The van der Waals surface area contributed by atoms with E-state index in [2.05, 4.69) is 59.0 Å². The van der Waals surface area contributed by atoms with Crippen LogP contribution in [0.2, 0.25) is 0 Å². The molecule has 1 aliphatic carbocycles. The van der Waals surface area contributed by atoms with Gasteiger partial charge in [-0.1, -0.05) is 42.5 Å². The van der Waals surface area contributed by atoms with Crippen LogP contribution in [0, 0.1) is 0 Å². The zero-order chi connectivity index (χ0) is 26.1. The molecule has 0 spiro atoms. The van der Waals surface area contributed by atoms with Crippen molar-refractivity contribution in [2.75, 3.05) is 52.4 Å². The van der Waals surface area contributed by atoms with Crippen LogP contribution in [0.5, 0.6) is 5.75 Å². The van der Waals surface area contributed by atoms with Crippen LogP contribution in [0.3, 0.4) is 0 Å². The molecule has 2 fully saturated rings. The molecule has 38 heavy (non-hydrogen) atoms. The number of carbonyl (C=O) groups excluding carboxylic acids is 1. The van der Waals surface area contributed by atoms with Gasteiger partial charge < -0.3 is 14.4 Å². The van der Waals surface area contributed by atoms with Gasteiger partial charge in [-0.05, 0) is 37.6 Å². The molecule has 0 bridgehead atoms. The normalized spacial score (nSPS) is 23.6. The first-order chi connectivity index (χ1) is 18.6. The van der Waals surface area contributed by atoms with Crippen LogP contribution in [-0.4, -0.2) is 90.2 Å². The lowest BCUT2D eigenvalue weighted by atomic mass is 10.0. The predicted molar refractivity (Wildman–Crippen MR) is 147 cm³/mol. The molecule has 0 radical (unpaired) electrons. The minimum atomic E-state index is 0.0442. The maximum absolute atomic E-state index is 13.6. The van der Waals surface area contributed by atoms with Crippen molar-refractivity contribution in [2.24, 2.45) is 0 Å². The van der Waals surface area contributed by atoms with Gasteiger partial charge in [-0.15, -0.1) is 0 Å². The van der Waals surface area contributed by atoms with Crippen molar-refractivity contribution in [3.05, 3.63) is 83.6 Å². The molecule has 1 unspecified atom stereocenters. The number of amides is 1. The van der Waals surface area contributed by atoms with Crippen LogP contribution in [0.15, 0.2) is 66.9 Å². The zero-order valence-electron chi connectivity index (χ0n) is 22.3. The van der Waals surface area contributed by atoms with Crippen LogP contribution in [0.25, 0.3) is 11.3 Å². The average Bonchev–Trinajstić information content (AvgIpc) is 3.27. The molecule has 6 rings (SSSR count). The lowest BCUT2D eigenvalue weighted by Gasteiger charge is -2.38. The molecule has 3 aliphatic rings. The molecular formula is C31H36N4O3. The second-order valence-corrected chi connectivity index (χ2v) is 10.6. The van der Waals surface area contributed by atoms with Crippen molar-refractivity contribution >= 4 is 5.91 Å². The van der Waals surface area contributed by atoms with E-state index in [4.69, 9.17) is 9.47 Å². The fraction of sp³-hybridized carbons (Fsp3) is 0.419. The number of fused-ring (bicyclic) bond motifs is 3. The summed E-state index contributed by atoms with van der Waals surface area (Å²) in [5.41, 5.74) is 5.52. The first-order valence-electron chi connectivity index (χ1n) is 13.8. The van der Waals surface area contributed by atoms with Crippen molar-refractivity contribution in [3.63, 3.8) is 0 Å². The lowest BCUT2D eigenvalue weighted by Crippen LogP contribution is -2.49. The van der Waals surface area contributed by atoms with E-state index < -0.39 is 0 Å². The van der Waals surface area contributed by atoms with E-state index >= 15 is 0 Å². The van der Waals surface area contributed by atoms with Crippen LogP contribution in [0.4, 0.5) is 0 Å². The summed E-state index contributed by atoms with van der Waals surface area (Å²) in [6.45, 7) is 10.4. The van der Waals surface area contributed by atoms with Crippen molar-refractivity contribution in [1.29, 1.82) is 0 Å². The molecule has 7 nitrogen and oxygen atoms in total. The first-order valence-corrected chi connectivity index (χ1v) is 13.8. The number of para-hydroxylation sites is 1. The third-order valence-electron chi connectivity index (χ3n) is 7.89. The zero-order valence-corrected chi connectivity index (χ0v) is 22.3. The van der Waals surface area contributed by atoms with E-state index in [0.29, 0.717) is 31.0 Å². The van der Waals surface area contributed by atoms with Gasteiger partial charge in [0.25, 0.3) is 5.91 Å². The Hall–Kier alpha value is -3.26. The number of ether oxygens (including phenoxy) is 2. The Balaban J connectivity index is 1.09. The number of carbonyl (C=O) groups is 1. The number of nitrogens with zero attached hydrogens (tertiary/aromatic N) is 4. The number of benzene rings is 2. The van der Waals surface area contributed by atoms with Gasteiger partial charge in [0, 0.05) is 63.1 Å². The second kappa shape index (κ2) is 10.8. The Morgan fingerprint density at radius 1 is 0.921 bits per heavy atom. The van der Waals surface area contributed by atoms with Crippen LogP contribution in [-0.2, 0) is 4.74 Å². The molecule has 0 N–H and O–H groups in total. The van der Waals surface area contributed by atoms with Gasteiger partial charge in [-0.25, -0.2) is 0 Å². The molecule has 3 aromatic rings. The van der Waals surface area contributed by atoms with E-state index in [1.54, 1.807) is 0 Å². The molecule has 2 aromatic carbocycles. The predicted octanol–water partition coefficient (Wildman–Crippen LogP) is 4.10. The largest absolute Gasteiger partial charge is 0.491 e. The smallest absolute Gasteiger partial charge is 0.257 e. The number of aromatic nitrogens is 1. The molecule has 0 saturated carbocycles. The first kappa shape index (κ1) is 25.0. The highest BCUT2D eigenvalue weighted by Gasteiger charge is 2.36. The summed E-state index contributed by atoms with van der Waals surface area (Å²) in [5.74, 6) is 0.710. The fourth-order valence-electron chi connectivity index (χ4n) is 6.25. The summed E-state index contributed by atoms with van der Waals surface area (Å²) >= 11 is 0. The van der Waals surface area contributed by atoms with Crippen molar-refractivity contribution < 1.29 is 14.3 Å². The highest BCUT2D eigenvalue weighted by atomic mass is 16.5. The Morgan fingerprint density at radius 3 is 2.45 bits per heavy atom. The number of hydrogen-bond donors (Lipinski definition) is 0. The van der Waals surface area contributed by atoms with E-state index in [-0.39, 0.29) is 24.2 Å². The monoisotopic (exact) mass is 512 g/mol. The van der Waals surface area contributed by atoms with Crippen molar-refractivity contribution in [3.8, 4) is 17.0 Å². The highest BCUT2D eigenvalue weighted by Crippen LogP contribution is 2.45.